The number of likely N-dealkylation sites (tertiary alicyclic amines) is 1. The zero-order valence-corrected chi connectivity index (χ0v) is 15.4. The van der Waals surface area contributed by atoms with Gasteiger partial charge in [-0.15, -0.1) is 0 Å². The van der Waals surface area contributed by atoms with Crippen LogP contribution in [-0.2, 0) is 0 Å². The molecule has 0 bridgehead atoms. The number of nitrogens with zero attached hydrogens (tertiary/aromatic N) is 2. The van der Waals surface area contributed by atoms with E-state index >= 15 is 0 Å². The predicted molar refractivity (Wildman–Crippen MR) is 99.5 cm³/mol. The Labute approximate surface area is 145 Å². The topological polar surface area (TPSA) is 56.7 Å². The van der Waals surface area contributed by atoms with E-state index in [9.17, 15) is 4.79 Å². The van der Waals surface area contributed by atoms with Crippen LogP contribution in [0.3, 0.4) is 0 Å². The smallest absolute Gasteiger partial charge is 0.251 e. The highest BCUT2D eigenvalue weighted by atomic mass is 16.1. The fraction of sp³-hybridized carbons (Fsp3) is 0.579. The number of nitrogens with one attached hydrogen (secondary N) is 2. The van der Waals surface area contributed by atoms with Crippen molar-refractivity contribution in [2.24, 2.45) is 10.4 Å². The first-order valence-electron chi connectivity index (χ1n) is 8.79. The Morgan fingerprint density at radius 2 is 2.12 bits per heavy atom. The first kappa shape index (κ1) is 18.3. The molecule has 0 atom stereocenters. The summed E-state index contributed by atoms with van der Waals surface area (Å²) < 4.78 is 0. The summed E-state index contributed by atoms with van der Waals surface area (Å²) in [6.07, 6.45) is 1.18. The molecule has 1 aromatic rings. The summed E-state index contributed by atoms with van der Waals surface area (Å²) in [5.74, 6) is 0.911. The maximum absolute atomic E-state index is 12.1. The van der Waals surface area contributed by atoms with Crippen LogP contribution in [0.25, 0.3) is 0 Å². The molecule has 0 radical (unpaired) electrons. The maximum atomic E-state index is 12.1. The maximum Gasteiger partial charge on any atom is 0.251 e. The number of hydrogen-bond donors (Lipinski definition) is 2. The normalized spacial score (nSPS) is 17.0. The van der Waals surface area contributed by atoms with Gasteiger partial charge in [0.05, 0.1) is 6.54 Å². The molecule has 2 N–H and O–H groups in total. The molecular formula is C19H30N4O. The van der Waals surface area contributed by atoms with Crippen LogP contribution in [0.5, 0.6) is 0 Å². The van der Waals surface area contributed by atoms with Crippen molar-refractivity contribution in [1.82, 2.24) is 15.5 Å². The van der Waals surface area contributed by atoms with Gasteiger partial charge in [0.15, 0.2) is 5.96 Å². The Morgan fingerprint density at radius 3 is 2.75 bits per heavy atom. The summed E-state index contributed by atoms with van der Waals surface area (Å²) in [5, 5.41) is 6.29. The van der Waals surface area contributed by atoms with Crippen LogP contribution in [0.2, 0.25) is 0 Å². The lowest BCUT2D eigenvalue weighted by Crippen LogP contribution is -2.41. The van der Waals surface area contributed by atoms with Crippen molar-refractivity contribution >= 4 is 11.9 Å². The Balaban J connectivity index is 1.85. The Bertz CT molecular complexity index is 595. The van der Waals surface area contributed by atoms with Gasteiger partial charge in [0.1, 0.15) is 0 Å². The molecule has 0 unspecified atom stereocenters. The second-order valence-corrected chi connectivity index (χ2v) is 7.20. The molecule has 1 aliphatic heterocycles. The molecule has 1 aromatic carbocycles. The summed E-state index contributed by atoms with van der Waals surface area (Å²) in [5.41, 5.74) is 2.13. The molecule has 5 heteroatoms. The third kappa shape index (κ3) is 5.25. The monoisotopic (exact) mass is 330 g/mol. The summed E-state index contributed by atoms with van der Waals surface area (Å²) >= 11 is 0. The van der Waals surface area contributed by atoms with Gasteiger partial charge in [-0.1, -0.05) is 31.5 Å². The largest absolute Gasteiger partial charge is 0.357 e. The van der Waals surface area contributed by atoms with Crippen LogP contribution in [-0.4, -0.2) is 49.5 Å². The zero-order valence-electron chi connectivity index (χ0n) is 15.4. The van der Waals surface area contributed by atoms with E-state index < -0.39 is 0 Å². The van der Waals surface area contributed by atoms with Gasteiger partial charge in [0.25, 0.3) is 5.91 Å². The highest BCUT2D eigenvalue weighted by molar-refractivity contribution is 5.94. The van der Waals surface area contributed by atoms with Gasteiger partial charge in [0, 0.05) is 31.7 Å². The molecular weight excluding hydrogens is 300 g/mol. The molecule has 1 aliphatic rings. The van der Waals surface area contributed by atoms with Crippen molar-refractivity contribution in [3.63, 3.8) is 0 Å². The summed E-state index contributed by atoms with van der Waals surface area (Å²) in [6, 6.07) is 7.62. The molecule has 0 spiro atoms. The van der Waals surface area contributed by atoms with Gasteiger partial charge >= 0.3 is 0 Å². The van der Waals surface area contributed by atoms with Crippen LogP contribution in [0.4, 0.5) is 0 Å². The van der Waals surface area contributed by atoms with E-state index in [-0.39, 0.29) is 5.91 Å². The van der Waals surface area contributed by atoms with Crippen LogP contribution in [0.15, 0.2) is 29.3 Å². The second-order valence-electron chi connectivity index (χ2n) is 7.20. The molecule has 0 aliphatic carbocycles. The van der Waals surface area contributed by atoms with Gasteiger partial charge < -0.3 is 15.5 Å². The van der Waals surface area contributed by atoms with E-state index in [0.29, 0.717) is 24.1 Å². The van der Waals surface area contributed by atoms with Crippen LogP contribution < -0.4 is 10.6 Å². The first-order valence-corrected chi connectivity index (χ1v) is 8.79. The number of aryl methyl sites for hydroxylation is 1. The fourth-order valence-corrected chi connectivity index (χ4v) is 2.94. The van der Waals surface area contributed by atoms with E-state index in [1.54, 1.807) is 0 Å². The van der Waals surface area contributed by atoms with Gasteiger partial charge in [-0.05, 0) is 37.8 Å². The molecule has 1 saturated heterocycles. The van der Waals surface area contributed by atoms with Crippen molar-refractivity contribution in [2.75, 3.05) is 32.7 Å². The number of rotatable bonds is 5. The van der Waals surface area contributed by atoms with Crippen molar-refractivity contribution in [3.05, 3.63) is 35.4 Å². The Morgan fingerprint density at radius 1 is 1.33 bits per heavy atom. The number of guanidine groups is 1. The standard InChI is InChI=1S/C19H30N4O/c1-5-20-18(23-12-9-19(3,4)14-23)22-11-10-21-17(24)16-8-6-7-15(2)13-16/h6-8,13H,5,9-12,14H2,1-4H3,(H,20,22)(H,21,24). The minimum absolute atomic E-state index is 0.0405. The molecule has 1 amide bonds. The van der Waals surface area contributed by atoms with Gasteiger partial charge in [-0.2, -0.15) is 0 Å². The predicted octanol–water partition coefficient (Wildman–Crippen LogP) is 2.42. The average Bonchev–Trinajstić information content (AvgIpc) is 2.90. The molecule has 0 saturated carbocycles. The SMILES string of the molecule is CCNC(=NCCNC(=O)c1cccc(C)c1)N1CCC(C)(C)C1. The summed E-state index contributed by atoms with van der Waals surface area (Å²) in [7, 11) is 0. The molecule has 1 heterocycles. The number of carbonyl (C=O) groups excluding carboxylic acids is 1. The van der Waals surface area contributed by atoms with Gasteiger partial charge in [-0.25, -0.2) is 0 Å². The molecule has 132 valence electrons. The number of carbonyl (C=O) groups is 1. The van der Waals surface area contributed by atoms with Crippen molar-refractivity contribution in [1.29, 1.82) is 0 Å². The average molecular weight is 330 g/mol. The van der Waals surface area contributed by atoms with Crippen molar-refractivity contribution < 1.29 is 4.79 Å². The van der Waals surface area contributed by atoms with E-state index in [1.807, 2.05) is 31.2 Å². The van der Waals surface area contributed by atoms with E-state index in [0.717, 1.165) is 31.2 Å². The van der Waals surface area contributed by atoms with E-state index in [1.165, 1.54) is 6.42 Å². The zero-order chi connectivity index (χ0) is 17.6. The quantitative estimate of drug-likeness (QED) is 0.495. The number of benzene rings is 1. The lowest BCUT2D eigenvalue weighted by Gasteiger charge is -2.23. The highest BCUT2D eigenvalue weighted by Gasteiger charge is 2.30. The van der Waals surface area contributed by atoms with Gasteiger partial charge in [0.2, 0.25) is 0 Å². The highest BCUT2D eigenvalue weighted by Crippen LogP contribution is 2.28. The fourth-order valence-electron chi connectivity index (χ4n) is 2.94. The Hall–Kier alpha value is -2.04. The molecule has 24 heavy (non-hydrogen) atoms. The molecule has 0 aromatic heterocycles. The number of aliphatic imine (C=N–C) groups is 1. The first-order chi connectivity index (χ1) is 11.4. The minimum atomic E-state index is -0.0405. The minimum Gasteiger partial charge on any atom is -0.357 e. The van der Waals surface area contributed by atoms with Crippen LogP contribution >= 0.6 is 0 Å². The van der Waals surface area contributed by atoms with Crippen molar-refractivity contribution in [2.45, 2.75) is 34.1 Å². The third-order valence-corrected chi connectivity index (χ3v) is 4.25. The van der Waals surface area contributed by atoms with Crippen LogP contribution in [0.1, 0.15) is 43.1 Å². The second kappa shape index (κ2) is 8.18. The number of hydrogen-bond acceptors (Lipinski definition) is 2. The molecule has 5 nitrogen and oxygen atoms in total. The summed E-state index contributed by atoms with van der Waals surface area (Å²) in [4.78, 5) is 19.1. The van der Waals surface area contributed by atoms with E-state index in [2.05, 4.69) is 41.3 Å². The summed E-state index contributed by atoms with van der Waals surface area (Å²) in [6.45, 7) is 12.7. The Kier molecular flexibility index (Phi) is 6.23. The van der Waals surface area contributed by atoms with Gasteiger partial charge in [-0.3, -0.25) is 9.79 Å². The lowest BCUT2D eigenvalue weighted by atomic mass is 9.93. The number of amides is 1. The lowest BCUT2D eigenvalue weighted by molar-refractivity contribution is 0.0954. The molecule has 2 rings (SSSR count). The third-order valence-electron chi connectivity index (χ3n) is 4.25. The molecule has 1 fully saturated rings. The van der Waals surface area contributed by atoms with E-state index in [4.69, 9.17) is 0 Å². The van der Waals surface area contributed by atoms with Crippen LogP contribution in [0, 0.1) is 12.3 Å². The van der Waals surface area contributed by atoms with Crippen molar-refractivity contribution in [3.8, 4) is 0 Å².